The molecule has 0 saturated carbocycles. The van der Waals surface area contributed by atoms with Gasteiger partial charge in [0.1, 0.15) is 0 Å². The fourth-order valence-electron chi connectivity index (χ4n) is 5.26. The highest BCUT2D eigenvalue weighted by Gasteiger charge is 2.26. The summed E-state index contributed by atoms with van der Waals surface area (Å²) in [6.07, 6.45) is 18.0. The van der Waals surface area contributed by atoms with E-state index >= 15 is 0 Å². The van der Waals surface area contributed by atoms with Crippen LogP contribution in [-0.2, 0) is 12.8 Å². The molecule has 2 aliphatic heterocycles. The minimum atomic E-state index is 0.655. The Hall–Kier alpha value is -5.07. The highest BCUT2D eigenvalue weighted by atomic mass is 15.2. The van der Waals surface area contributed by atoms with Gasteiger partial charge in [-0.2, -0.15) is 5.26 Å². The lowest BCUT2D eigenvalue weighted by Crippen LogP contribution is -2.16. The first-order chi connectivity index (χ1) is 19.5. The molecule has 3 heteroatoms. The van der Waals surface area contributed by atoms with Gasteiger partial charge in [0.15, 0.2) is 0 Å². The van der Waals surface area contributed by atoms with Gasteiger partial charge in [-0.1, -0.05) is 67.8 Å². The van der Waals surface area contributed by atoms with E-state index in [1.807, 2.05) is 49.4 Å². The van der Waals surface area contributed by atoms with Crippen molar-refractivity contribution < 1.29 is 0 Å². The summed E-state index contributed by atoms with van der Waals surface area (Å²) in [5, 5.41) is 12.8. The topological polar surface area (TPSA) is 39.1 Å². The van der Waals surface area contributed by atoms with Gasteiger partial charge in [0.25, 0.3) is 0 Å². The van der Waals surface area contributed by atoms with Crippen molar-refractivity contribution >= 4 is 16.9 Å². The molecule has 3 nitrogen and oxygen atoms in total. The van der Waals surface area contributed by atoms with Crippen LogP contribution in [0.4, 0.5) is 11.4 Å². The Kier molecular flexibility index (Phi) is 7.80. The number of hydrogen-bond acceptors (Lipinski definition) is 3. The molecule has 0 unspecified atom stereocenters. The third-order valence-corrected chi connectivity index (χ3v) is 7.32. The quantitative estimate of drug-likeness (QED) is 0.316. The SMILES string of the molecule is C=C/C=C1\Cc2ccc(-c3ccc4c(c3)C/C(=C\C=C/C)N4)cc2N1/C(C=C)=C/C=C(\C)c1cccc(C#N)c1. The molecule has 0 bridgehead atoms. The van der Waals surface area contributed by atoms with Crippen molar-refractivity contribution in [2.75, 3.05) is 10.2 Å². The highest BCUT2D eigenvalue weighted by molar-refractivity contribution is 5.80. The Labute approximate surface area is 237 Å². The monoisotopic (exact) mass is 519 g/mol. The summed E-state index contributed by atoms with van der Waals surface area (Å²) in [5.41, 5.74) is 13.4. The average Bonchev–Trinajstić information content (AvgIpc) is 3.56. The fourth-order valence-corrected chi connectivity index (χ4v) is 5.26. The van der Waals surface area contributed by atoms with Crippen LogP contribution < -0.4 is 10.2 Å². The van der Waals surface area contributed by atoms with Gasteiger partial charge in [-0.3, -0.25) is 0 Å². The zero-order valence-electron chi connectivity index (χ0n) is 23.1. The molecule has 1 N–H and O–H groups in total. The first-order valence-electron chi connectivity index (χ1n) is 13.5. The predicted molar refractivity (Wildman–Crippen MR) is 170 cm³/mol. The number of anilines is 2. The summed E-state index contributed by atoms with van der Waals surface area (Å²) < 4.78 is 0. The number of benzene rings is 3. The van der Waals surface area contributed by atoms with E-state index in [9.17, 15) is 5.26 Å². The van der Waals surface area contributed by atoms with Crippen LogP contribution in [0.25, 0.3) is 16.7 Å². The highest BCUT2D eigenvalue weighted by Crippen LogP contribution is 2.41. The van der Waals surface area contributed by atoms with E-state index in [0.717, 1.165) is 41.1 Å². The molecular weight excluding hydrogens is 486 g/mol. The maximum absolute atomic E-state index is 9.29. The van der Waals surface area contributed by atoms with Crippen LogP contribution in [0.5, 0.6) is 0 Å². The predicted octanol–water partition coefficient (Wildman–Crippen LogP) is 9.26. The van der Waals surface area contributed by atoms with Crippen molar-refractivity contribution in [2.24, 2.45) is 0 Å². The second-order valence-electron chi connectivity index (χ2n) is 9.98. The summed E-state index contributed by atoms with van der Waals surface area (Å²) in [4.78, 5) is 2.27. The fraction of sp³-hybridized carbons (Fsp3) is 0.108. The number of nitrogens with zero attached hydrogens (tertiary/aromatic N) is 2. The Morgan fingerprint density at radius 1 is 0.950 bits per heavy atom. The summed E-state index contributed by atoms with van der Waals surface area (Å²) in [6.45, 7) is 12.2. The first kappa shape index (κ1) is 26.5. The molecule has 0 atom stereocenters. The second-order valence-corrected chi connectivity index (χ2v) is 9.98. The molecule has 0 aromatic heterocycles. The zero-order chi connectivity index (χ0) is 28.1. The van der Waals surface area contributed by atoms with Crippen LogP contribution >= 0.6 is 0 Å². The van der Waals surface area contributed by atoms with Gasteiger partial charge in [0, 0.05) is 35.6 Å². The number of hydrogen-bond donors (Lipinski definition) is 1. The van der Waals surface area contributed by atoms with Gasteiger partial charge < -0.3 is 10.2 Å². The molecule has 2 aliphatic rings. The largest absolute Gasteiger partial charge is 0.358 e. The Morgan fingerprint density at radius 3 is 2.55 bits per heavy atom. The standard InChI is InChI=1S/C37H33N3/c1-5-8-13-33-22-32-21-29(17-19-36(32)39-33)30-15-16-31-23-35(10-6-2)40(37(31)24-30)34(7-3)18-14-26(4)28-12-9-11-27(20-28)25-38/h5-21,24,39H,2-3,22-23H2,1,4H3/b8-5-,26-14+,33-13+,34-18+,35-10+. The van der Waals surface area contributed by atoms with Crippen molar-refractivity contribution in [1.29, 1.82) is 5.26 Å². The van der Waals surface area contributed by atoms with Gasteiger partial charge in [0.05, 0.1) is 17.3 Å². The molecular formula is C37H33N3. The maximum Gasteiger partial charge on any atom is 0.0991 e. The Balaban J connectivity index is 1.51. The number of allylic oxidation sites excluding steroid dienone is 11. The number of nitrogens with one attached hydrogen (secondary N) is 1. The molecule has 0 radical (unpaired) electrons. The third-order valence-electron chi connectivity index (χ3n) is 7.32. The average molecular weight is 520 g/mol. The molecule has 0 fully saturated rings. The van der Waals surface area contributed by atoms with Crippen molar-refractivity contribution in [3.8, 4) is 17.2 Å². The Morgan fingerprint density at radius 2 is 1.77 bits per heavy atom. The van der Waals surface area contributed by atoms with Gasteiger partial charge in [-0.15, -0.1) is 0 Å². The van der Waals surface area contributed by atoms with E-state index in [2.05, 4.69) is 103 Å². The summed E-state index contributed by atoms with van der Waals surface area (Å²) in [7, 11) is 0. The van der Waals surface area contributed by atoms with Crippen molar-refractivity contribution in [1.82, 2.24) is 0 Å². The lowest BCUT2D eigenvalue weighted by atomic mass is 9.99. The number of rotatable bonds is 7. The van der Waals surface area contributed by atoms with Crippen LogP contribution in [-0.4, -0.2) is 0 Å². The lowest BCUT2D eigenvalue weighted by molar-refractivity contribution is 1.10. The molecule has 0 aliphatic carbocycles. The van der Waals surface area contributed by atoms with E-state index in [-0.39, 0.29) is 0 Å². The normalized spacial score (nSPS) is 16.7. The molecule has 0 amide bonds. The van der Waals surface area contributed by atoms with E-state index in [1.165, 1.54) is 33.6 Å². The molecule has 0 spiro atoms. The lowest BCUT2D eigenvalue weighted by Gasteiger charge is -2.23. The minimum absolute atomic E-state index is 0.655. The molecule has 3 aromatic carbocycles. The summed E-state index contributed by atoms with van der Waals surface area (Å²) in [6, 6.07) is 23.3. The molecule has 2 heterocycles. The molecule has 5 rings (SSSR count). The third kappa shape index (κ3) is 5.39. The van der Waals surface area contributed by atoms with Gasteiger partial charge in [0.2, 0.25) is 0 Å². The van der Waals surface area contributed by atoms with Gasteiger partial charge in [-0.25, -0.2) is 0 Å². The van der Waals surface area contributed by atoms with E-state index in [4.69, 9.17) is 0 Å². The Bertz CT molecular complexity index is 1680. The molecule has 0 saturated heterocycles. The number of fused-ring (bicyclic) bond motifs is 2. The van der Waals surface area contributed by atoms with Gasteiger partial charge in [-0.05, 0) is 102 Å². The first-order valence-corrected chi connectivity index (χ1v) is 13.5. The zero-order valence-corrected chi connectivity index (χ0v) is 23.1. The minimum Gasteiger partial charge on any atom is -0.358 e. The second kappa shape index (κ2) is 11.8. The smallest absolute Gasteiger partial charge is 0.0991 e. The molecule has 40 heavy (non-hydrogen) atoms. The van der Waals surface area contributed by atoms with Crippen LogP contribution in [0.1, 0.15) is 36.1 Å². The van der Waals surface area contributed by atoms with Crippen molar-refractivity contribution in [2.45, 2.75) is 26.7 Å². The summed E-state index contributed by atoms with van der Waals surface area (Å²) >= 11 is 0. The van der Waals surface area contributed by atoms with Crippen LogP contribution in [0, 0.1) is 11.3 Å². The van der Waals surface area contributed by atoms with Crippen LogP contribution in [0.3, 0.4) is 0 Å². The molecule has 196 valence electrons. The van der Waals surface area contributed by atoms with E-state index in [1.54, 1.807) is 0 Å². The number of nitriles is 1. The summed E-state index contributed by atoms with van der Waals surface area (Å²) in [5.74, 6) is 0. The van der Waals surface area contributed by atoms with E-state index in [0.29, 0.717) is 5.56 Å². The molecule has 3 aromatic rings. The van der Waals surface area contributed by atoms with Crippen molar-refractivity contribution in [3.63, 3.8) is 0 Å². The van der Waals surface area contributed by atoms with Crippen molar-refractivity contribution in [3.05, 3.63) is 162 Å². The maximum atomic E-state index is 9.29. The van der Waals surface area contributed by atoms with Crippen LogP contribution in [0.2, 0.25) is 0 Å². The van der Waals surface area contributed by atoms with Crippen LogP contribution in [0.15, 0.2) is 140 Å². The van der Waals surface area contributed by atoms with E-state index < -0.39 is 0 Å². The van der Waals surface area contributed by atoms with Gasteiger partial charge >= 0.3 is 0 Å².